The number of rotatable bonds is 2. The van der Waals surface area contributed by atoms with Crippen LogP contribution >= 0.6 is 0 Å². The maximum absolute atomic E-state index is 5.93. The fraction of sp³-hybridized carbons (Fsp3) is 0.500. The van der Waals surface area contributed by atoms with Gasteiger partial charge < -0.3 is 14.2 Å². The fourth-order valence-corrected chi connectivity index (χ4v) is 3.35. The van der Waals surface area contributed by atoms with Crippen molar-refractivity contribution in [1.29, 1.82) is 0 Å². The summed E-state index contributed by atoms with van der Waals surface area (Å²) in [7, 11) is 3.45. The molecule has 1 aliphatic heterocycles. The first kappa shape index (κ1) is 12.5. The van der Waals surface area contributed by atoms with Crippen LogP contribution in [0.25, 0.3) is 12.0 Å². The molecular formula is C16H20O3. The van der Waals surface area contributed by atoms with Gasteiger partial charge in [-0.25, -0.2) is 0 Å². The first-order chi connectivity index (χ1) is 9.29. The molecule has 1 saturated carbocycles. The van der Waals surface area contributed by atoms with Crippen molar-refractivity contribution in [1.82, 2.24) is 0 Å². The third-order valence-electron chi connectivity index (χ3n) is 4.32. The number of fused-ring (bicyclic) bond motifs is 1. The summed E-state index contributed by atoms with van der Waals surface area (Å²) < 4.78 is 17.0. The zero-order chi connectivity index (χ0) is 13.3. The molecule has 0 amide bonds. The van der Waals surface area contributed by atoms with Crippen LogP contribution in [0.5, 0.6) is 0 Å². The molecule has 102 valence electrons. The predicted molar refractivity (Wildman–Crippen MR) is 73.6 cm³/mol. The minimum atomic E-state index is -0.0227. The summed E-state index contributed by atoms with van der Waals surface area (Å²) in [6.07, 6.45) is 5.95. The predicted octanol–water partition coefficient (Wildman–Crippen LogP) is 1.39. The Morgan fingerprint density at radius 1 is 1.26 bits per heavy atom. The molecular weight excluding hydrogens is 240 g/mol. The molecule has 1 aromatic carbocycles. The van der Waals surface area contributed by atoms with Gasteiger partial charge in [0.15, 0.2) is 0 Å². The van der Waals surface area contributed by atoms with Gasteiger partial charge in [-0.15, -0.1) is 0 Å². The van der Waals surface area contributed by atoms with Gasteiger partial charge in [0.25, 0.3) is 5.95 Å². The van der Waals surface area contributed by atoms with Crippen molar-refractivity contribution in [3.05, 3.63) is 34.7 Å². The van der Waals surface area contributed by atoms with Gasteiger partial charge in [0.1, 0.15) is 6.61 Å². The van der Waals surface area contributed by atoms with Crippen LogP contribution in [-0.2, 0) is 14.2 Å². The highest BCUT2D eigenvalue weighted by molar-refractivity contribution is 5.43. The number of hydrogen-bond donors (Lipinski definition) is 0. The molecule has 1 heterocycles. The second kappa shape index (κ2) is 4.89. The first-order valence-corrected chi connectivity index (χ1v) is 6.81. The van der Waals surface area contributed by atoms with E-state index in [1.165, 1.54) is 11.6 Å². The molecule has 0 N–H and O–H groups in total. The Labute approximate surface area is 113 Å². The van der Waals surface area contributed by atoms with Crippen LogP contribution in [0.2, 0.25) is 0 Å². The minimum Gasteiger partial charge on any atom is -0.468 e. The van der Waals surface area contributed by atoms with Crippen molar-refractivity contribution in [3.8, 4) is 0 Å². The monoisotopic (exact) mass is 260 g/mol. The van der Waals surface area contributed by atoms with Crippen molar-refractivity contribution in [2.24, 2.45) is 5.41 Å². The number of methoxy groups -OCH3 is 2. The molecule has 0 radical (unpaired) electrons. The molecule has 3 heteroatoms. The molecule has 3 rings (SSSR count). The Hall–Kier alpha value is -1.48. The van der Waals surface area contributed by atoms with E-state index in [1.807, 2.05) is 12.1 Å². The third-order valence-corrected chi connectivity index (χ3v) is 4.32. The lowest BCUT2D eigenvalue weighted by Crippen LogP contribution is -2.35. The van der Waals surface area contributed by atoms with E-state index < -0.39 is 0 Å². The van der Waals surface area contributed by atoms with Gasteiger partial charge in [-0.1, -0.05) is 24.3 Å². The van der Waals surface area contributed by atoms with E-state index in [-0.39, 0.29) is 11.5 Å². The van der Waals surface area contributed by atoms with E-state index >= 15 is 0 Å². The van der Waals surface area contributed by atoms with Crippen LogP contribution in [0.3, 0.4) is 0 Å². The Kier molecular flexibility index (Phi) is 3.23. The second-order valence-corrected chi connectivity index (χ2v) is 5.36. The first-order valence-electron chi connectivity index (χ1n) is 6.81. The summed E-state index contributed by atoms with van der Waals surface area (Å²) in [5, 5.41) is 2.21. The van der Waals surface area contributed by atoms with Crippen molar-refractivity contribution in [2.75, 3.05) is 20.8 Å². The smallest absolute Gasteiger partial charge is 0.287 e. The van der Waals surface area contributed by atoms with Crippen molar-refractivity contribution in [2.45, 2.75) is 25.4 Å². The fourth-order valence-electron chi connectivity index (χ4n) is 3.35. The maximum Gasteiger partial charge on any atom is 0.287 e. The quantitative estimate of drug-likeness (QED) is 0.804. The summed E-state index contributed by atoms with van der Waals surface area (Å²) in [5.74, 6) is 0.616. The zero-order valence-corrected chi connectivity index (χ0v) is 11.5. The van der Waals surface area contributed by atoms with E-state index in [1.54, 1.807) is 14.2 Å². The van der Waals surface area contributed by atoms with E-state index in [0.29, 0.717) is 12.6 Å². The van der Waals surface area contributed by atoms with E-state index in [2.05, 4.69) is 18.2 Å². The molecule has 19 heavy (non-hydrogen) atoms. The molecule has 0 aromatic heterocycles. The Morgan fingerprint density at radius 3 is 2.89 bits per heavy atom. The van der Waals surface area contributed by atoms with Crippen molar-refractivity contribution >= 4 is 12.0 Å². The molecule has 3 nitrogen and oxygen atoms in total. The second-order valence-electron chi connectivity index (χ2n) is 5.36. The molecule has 1 aromatic rings. The van der Waals surface area contributed by atoms with E-state index in [0.717, 1.165) is 18.1 Å². The number of hydrogen-bond acceptors (Lipinski definition) is 3. The topological polar surface area (TPSA) is 27.7 Å². The standard InChI is InChI=1S/C16H20O3/c1-17-14-8-5-9-16(14)10-12-6-3-4-7-13(12)15(18-2)19-11-16/h3-4,6-7,10,14H,5,8-9,11H2,1-2H3. The normalized spacial score (nSPS) is 29.4. The summed E-state index contributed by atoms with van der Waals surface area (Å²) in [6, 6.07) is 8.23. The van der Waals surface area contributed by atoms with E-state index in [9.17, 15) is 0 Å². The number of ether oxygens (including phenoxy) is 3. The molecule has 2 unspecified atom stereocenters. The molecule has 1 spiro atoms. The third kappa shape index (κ3) is 2.02. The van der Waals surface area contributed by atoms with Gasteiger partial charge in [-0.2, -0.15) is 0 Å². The highest BCUT2D eigenvalue weighted by Gasteiger charge is 2.43. The Bertz CT molecular complexity index is 578. The molecule has 1 aliphatic carbocycles. The van der Waals surface area contributed by atoms with Gasteiger partial charge in [-0.05, 0) is 30.5 Å². The van der Waals surface area contributed by atoms with Crippen molar-refractivity contribution < 1.29 is 14.2 Å². The minimum absolute atomic E-state index is 0.0227. The summed E-state index contributed by atoms with van der Waals surface area (Å²) in [4.78, 5) is 0. The summed E-state index contributed by atoms with van der Waals surface area (Å²) in [5.41, 5.74) is -0.0227. The summed E-state index contributed by atoms with van der Waals surface area (Å²) >= 11 is 0. The van der Waals surface area contributed by atoms with Gasteiger partial charge in [-0.3, -0.25) is 0 Å². The highest BCUT2D eigenvalue weighted by Crippen LogP contribution is 2.42. The summed E-state index contributed by atoms with van der Waals surface area (Å²) in [6.45, 7) is 0.628. The molecule has 2 atom stereocenters. The maximum atomic E-state index is 5.93. The number of benzene rings is 1. The van der Waals surface area contributed by atoms with Gasteiger partial charge in [0, 0.05) is 12.5 Å². The lowest BCUT2D eigenvalue weighted by atomic mass is 9.84. The molecule has 1 fully saturated rings. The lowest BCUT2D eigenvalue weighted by molar-refractivity contribution is 0.00228. The molecule has 0 saturated heterocycles. The van der Waals surface area contributed by atoms with E-state index in [4.69, 9.17) is 14.2 Å². The Balaban J connectivity index is 2.19. The average molecular weight is 260 g/mol. The van der Waals surface area contributed by atoms with Crippen LogP contribution in [0.4, 0.5) is 0 Å². The van der Waals surface area contributed by atoms with Gasteiger partial charge in [0.05, 0.1) is 18.4 Å². The average Bonchev–Trinajstić information content (AvgIpc) is 2.75. The van der Waals surface area contributed by atoms with Crippen LogP contribution < -0.4 is 10.4 Å². The molecule has 2 aliphatic rings. The Morgan fingerprint density at radius 2 is 2.11 bits per heavy atom. The van der Waals surface area contributed by atoms with Crippen LogP contribution in [0, 0.1) is 5.41 Å². The van der Waals surface area contributed by atoms with Crippen LogP contribution in [0.1, 0.15) is 19.3 Å². The highest BCUT2D eigenvalue weighted by atomic mass is 16.7. The van der Waals surface area contributed by atoms with Crippen LogP contribution in [-0.4, -0.2) is 26.9 Å². The van der Waals surface area contributed by atoms with Gasteiger partial charge >= 0.3 is 0 Å². The molecule has 0 bridgehead atoms. The van der Waals surface area contributed by atoms with Crippen LogP contribution in [0.15, 0.2) is 24.3 Å². The zero-order valence-electron chi connectivity index (χ0n) is 11.5. The lowest BCUT2D eigenvalue weighted by Gasteiger charge is -2.30. The van der Waals surface area contributed by atoms with Gasteiger partial charge in [0.2, 0.25) is 0 Å². The largest absolute Gasteiger partial charge is 0.468 e. The van der Waals surface area contributed by atoms with Crippen molar-refractivity contribution in [3.63, 3.8) is 0 Å². The SMILES string of the molecule is COC1=c2ccccc2=CC2(CCCC2OC)CO1.